The van der Waals surface area contributed by atoms with Crippen molar-refractivity contribution >= 4 is 17.2 Å². The van der Waals surface area contributed by atoms with Crippen LogP contribution >= 0.6 is 11.3 Å². The van der Waals surface area contributed by atoms with Gasteiger partial charge in [-0.3, -0.25) is 4.79 Å². The molecule has 2 rings (SSSR count). The highest BCUT2D eigenvalue weighted by atomic mass is 32.1. The fourth-order valence-corrected chi connectivity index (χ4v) is 3.25. The molecule has 0 saturated heterocycles. The summed E-state index contributed by atoms with van der Waals surface area (Å²) in [5, 5.41) is 5.96. The monoisotopic (exact) mass is 267 g/mol. The maximum atomic E-state index is 12.1. The molecule has 1 aromatic heterocycles. The molecule has 1 aromatic rings. The van der Waals surface area contributed by atoms with Crippen LogP contribution in [0.25, 0.3) is 0 Å². The number of nitrogens with zero attached hydrogens (tertiary/aromatic N) is 1. The number of hydrogen-bond acceptors (Lipinski definition) is 4. The van der Waals surface area contributed by atoms with Crippen LogP contribution in [0.4, 0.5) is 0 Å². The molecule has 3 N–H and O–H groups in total. The lowest BCUT2D eigenvalue weighted by Gasteiger charge is -2.35. The first-order chi connectivity index (χ1) is 8.60. The zero-order valence-electron chi connectivity index (χ0n) is 10.8. The average Bonchev–Trinajstić information content (AvgIpc) is 2.81. The zero-order chi connectivity index (χ0) is 13.0. The van der Waals surface area contributed by atoms with Crippen LogP contribution in [-0.2, 0) is 11.2 Å². The number of carbonyl (C=O) groups is 1. The largest absolute Gasteiger partial charge is 0.354 e. The van der Waals surface area contributed by atoms with Crippen molar-refractivity contribution in [2.24, 2.45) is 11.7 Å². The van der Waals surface area contributed by atoms with E-state index in [2.05, 4.69) is 17.2 Å². The molecule has 1 fully saturated rings. The van der Waals surface area contributed by atoms with Gasteiger partial charge < -0.3 is 11.1 Å². The summed E-state index contributed by atoms with van der Waals surface area (Å²) in [6, 6.07) is 0. The van der Waals surface area contributed by atoms with Gasteiger partial charge in [0.15, 0.2) is 0 Å². The van der Waals surface area contributed by atoms with Crippen molar-refractivity contribution in [2.75, 3.05) is 6.54 Å². The van der Waals surface area contributed by atoms with E-state index in [4.69, 9.17) is 5.73 Å². The van der Waals surface area contributed by atoms with Gasteiger partial charge in [-0.1, -0.05) is 19.8 Å². The SMILES string of the molecule is CC1CCCC(N)(C(=O)NCCc2nccs2)C1. The first-order valence-corrected chi connectivity index (χ1v) is 7.44. The third kappa shape index (κ3) is 3.29. The fourth-order valence-electron chi connectivity index (χ4n) is 2.63. The Morgan fingerprint density at radius 2 is 2.56 bits per heavy atom. The Labute approximate surface area is 112 Å². The summed E-state index contributed by atoms with van der Waals surface area (Å²) in [5.74, 6) is 0.555. The van der Waals surface area contributed by atoms with E-state index in [0.717, 1.165) is 30.7 Å². The predicted molar refractivity (Wildman–Crippen MR) is 73.4 cm³/mol. The molecular weight excluding hydrogens is 246 g/mol. The number of nitrogens with two attached hydrogens (primary N) is 1. The normalized spacial score (nSPS) is 28.0. The number of aromatic nitrogens is 1. The van der Waals surface area contributed by atoms with Crippen molar-refractivity contribution in [2.45, 2.75) is 44.6 Å². The highest BCUT2D eigenvalue weighted by Gasteiger charge is 2.37. The lowest BCUT2D eigenvalue weighted by molar-refractivity contribution is -0.128. The minimum Gasteiger partial charge on any atom is -0.354 e. The van der Waals surface area contributed by atoms with Crippen molar-refractivity contribution in [1.29, 1.82) is 0 Å². The Morgan fingerprint density at radius 1 is 1.72 bits per heavy atom. The Hall–Kier alpha value is -0.940. The predicted octanol–water partition coefficient (Wildman–Crippen LogP) is 1.71. The van der Waals surface area contributed by atoms with Crippen LogP contribution in [0.15, 0.2) is 11.6 Å². The number of carbonyl (C=O) groups excluding carboxylic acids is 1. The van der Waals surface area contributed by atoms with E-state index in [1.54, 1.807) is 17.5 Å². The summed E-state index contributed by atoms with van der Waals surface area (Å²) >= 11 is 1.62. The summed E-state index contributed by atoms with van der Waals surface area (Å²) in [5.41, 5.74) is 5.58. The van der Waals surface area contributed by atoms with Crippen LogP contribution in [-0.4, -0.2) is 23.0 Å². The van der Waals surface area contributed by atoms with Crippen LogP contribution in [0.5, 0.6) is 0 Å². The van der Waals surface area contributed by atoms with Crippen LogP contribution in [0.2, 0.25) is 0 Å². The molecular formula is C13H21N3OS. The lowest BCUT2D eigenvalue weighted by Crippen LogP contribution is -2.56. The van der Waals surface area contributed by atoms with Gasteiger partial charge >= 0.3 is 0 Å². The van der Waals surface area contributed by atoms with Crippen LogP contribution in [0.3, 0.4) is 0 Å². The van der Waals surface area contributed by atoms with Gasteiger partial charge in [0, 0.05) is 24.5 Å². The molecule has 5 heteroatoms. The van der Waals surface area contributed by atoms with Crippen molar-refractivity contribution in [3.8, 4) is 0 Å². The topological polar surface area (TPSA) is 68.0 Å². The standard InChI is InChI=1S/C13H21N3OS/c1-10-3-2-5-13(14,9-10)12(17)16-6-4-11-15-7-8-18-11/h7-8,10H,2-6,9,14H2,1H3,(H,16,17). The third-order valence-electron chi connectivity index (χ3n) is 3.59. The number of rotatable bonds is 4. The van der Waals surface area contributed by atoms with Gasteiger partial charge in [-0.05, 0) is 18.8 Å². The molecule has 100 valence electrons. The van der Waals surface area contributed by atoms with Crippen LogP contribution < -0.4 is 11.1 Å². The van der Waals surface area contributed by atoms with Gasteiger partial charge in [-0.2, -0.15) is 0 Å². The molecule has 1 aliphatic rings. The summed E-state index contributed by atoms with van der Waals surface area (Å²) in [4.78, 5) is 16.3. The van der Waals surface area contributed by atoms with Crippen molar-refractivity contribution < 1.29 is 4.79 Å². The maximum absolute atomic E-state index is 12.1. The number of amides is 1. The van der Waals surface area contributed by atoms with E-state index in [1.165, 1.54) is 6.42 Å². The molecule has 4 nitrogen and oxygen atoms in total. The molecule has 1 saturated carbocycles. The Kier molecular flexibility index (Phi) is 4.35. The second-order valence-electron chi connectivity index (χ2n) is 5.29. The highest BCUT2D eigenvalue weighted by Crippen LogP contribution is 2.30. The molecule has 0 radical (unpaired) electrons. The maximum Gasteiger partial charge on any atom is 0.240 e. The molecule has 0 aromatic carbocycles. The molecule has 0 aliphatic heterocycles. The molecule has 18 heavy (non-hydrogen) atoms. The minimum absolute atomic E-state index is 0.00519. The van der Waals surface area contributed by atoms with Gasteiger partial charge in [0.05, 0.1) is 10.5 Å². The fraction of sp³-hybridized carbons (Fsp3) is 0.692. The minimum atomic E-state index is -0.652. The van der Waals surface area contributed by atoms with Gasteiger partial charge in [0.2, 0.25) is 5.91 Å². The average molecular weight is 267 g/mol. The van der Waals surface area contributed by atoms with E-state index in [-0.39, 0.29) is 5.91 Å². The molecule has 2 atom stereocenters. The molecule has 1 amide bonds. The second kappa shape index (κ2) is 5.80. The molecule has 1 heterocycles. The second-order valence-corrected chi connectivity index (χ2v) is 6.27. The first-order valence-electron chi connectivity index (χ1n) is 6.56. The zero-order valence-corrected chi connectivity index (χ0v) is 11.6. The summed E-state index contributed by atoms with van der Waals surface area (Å²) in [7, 11) is 0. The van der Waals surface area contributed by atoms with Gasteiger partial charge in [0.1, 0.15) is 0 Å². The van der Waals surface area contributed by atoms with Crippen molar-refractivity contribution in [3.05, 3.63) is 16.6 Å². The molecule has 2 unspecified atom stereocenters. The molecule has 0 bridgehead atoms. The summed E-state index contributed by atoms with van der Waals surface area (Å²) < 4.78 is 0. The van der Waals surface area contributed by atoms with Crippen molar-refractivity contribution in [1.82, 2.24) is 10.3 Å². The van der Waals surface area contributed by atoms with E-state index in [9.17, 15) is 4.79 Å². The molecule has 0 spiro atoms. The van der Waals surface area contributed by atoms with Gasteiger partial charge in [0.25, 0.3) is 0 Å². The quantitative estimate of drug-likeness (QED) is 0.872. The number of nitrogens with one attached hydrogen (secondary N) is 1. The molecule has 1 aliphatic carbocycles. The Morgan fingerprint density at radius 3 is 3.22 bits per heavy atom. The van der Waals surface area contributed by atoms with Crippen LogP contribution in [0.1, 0.15) is 37.6 Å². The summed E-state index contributed by atoms with van der Waals surface area (Å²) in [6.07, 6.45) is 6.42. The number of hydrogen-bond donors (Lipinski definition) is 2. The van der Waals surface area contributed by atoms with Gasteiger partial charge in [-0.25, -0.2) is 4.98 Å². The third-order valence-corrected chi connectivity index (χ3v) is 4.43. The van der Waals surface area contributed by atoms with Crippen molar-refractivity contribution in [3.63, 3.8) is 0 Å². The Balaban J connectivity index is 1.80. The van der Waals surface area contributed by atoms with Gasteiger partial charge in [-0.15, -0.1) is 11.3 Å². The van der Waals surface area contributed by atoms with E-state index >= 15 is 0 Å². The van der Waals surface area contributed by atoms with Crippen LogP contribution in [0, 0.1) is 5.92 Å². The lowest BCUT2D eigenvalue weighted by atomic mass is 9.76. The smallest absolute Gasteiger partial charge is 0.240 e. The number of thiazole rings is 1. The van der Waals surface area contributed by atoms with E-state index < -0.39 is 5.54 Å². The first kappa shape index (κ1) is 13.5. The van der Waals surface area contributed by atoms with E-state index in [1.807, 2.05) is 5.38 Å². The van der Waals surface area contributed by atoms with E-state index in [0.29, 0.717) is 12.5 Å². The summed E-state index contributed by atoms with van der Waals surface area (Å²) in [6.45, 7) is 2.79. The highest BCUT2D eigenvalue weighted by molar-refractivity contribution is 7.09. The Bertz CT molecular complexity index is 393.